The minimum absolute atomic E-state index is 0.0402. The van der Waals surface area contributed by atoms with E-state index in [0.717, 1.165) is 43.6 Å². The molecule has 0 spiro atoms. The molecule has 0 saturated carbocycles. The maximum atomic E-state index is 13.6. The van der Waals surface area contributed by atoms with Crippen LogP contribution in [-0.4, -0.2) is 36.3 Å². The molecule has 3 aliphatic rings. The van der Waals surface area contributed by atoms with Gasteiger partial charge in [-0.3, -0.25) is 9.59 Å². The summed E-state index contributed by atoms with van der Waals surface area (Å²) in [5.41, 5.74) is 7.12. The minimum Gasteiger partial charge on any atom is -0.454 e. The number of piperidine rings is 1. The first kappa shape index (κ1) is 23.4. The van der Waals surface area contributed by atoms with E-state index in [4.69, 9.17) is 9.47 Å². The normalized spacial score (nSPS) is 20.1. The average Bonchev–Trinajstić information content (AvgIpc) is 3.30. The van der Waals surface area contributed by atoms with Gasteiger partial charge in [-0.2, -0.15) is 0 Å². The second kappa shape index (κ2) is 9.73. The number of aryl methyl sites for hydroxylation is 3. The summed E-state index contributed by atoms with van der Waals surface area (Å²) < 4.78 is 10.8. The predicted molar refractivity (Wildman–Crippen MR) is 137 cm³/mol. The molecule has 1 atom stereocenters. The Bertz CT molecular complexity index is 1210. The lowest BCUT2D eigenvalue weighted by molar-refractivity contribution is -0.120. The highest BCUT2D eigenvalue weighted by atomic mass is 16.7. The Morgan fingerprint density at radius 3 is 2.40 bits per heavy atom. The van der Waals surface area contributed by atoms with Gasteiger partial charge in [0.25, 0.3) is 0 Å². The molecular formula is C30H33NO4. The number of nitrogens with zero attached hydrogens (tertiary/aromatic N) is 1. The van der Waals surface area contributed by atoms with Gasteiger partial charge in [-0.15, -0.1) is 0 Å². The molecule has 5 heteroatoms. The van der Waals surface area contributed by atoms with Gasteiger partial charge in [0.05, 0.1) is 5.57 Å². The Kier molecular flexibility index (Phi) is 6.50. The van der Waals surface area contributed by atoms with Gasteiger partial charge in [-0.25, -0.2) is 0 Å². The summed E-state index contributed by atoms with van der Waals surface area (Å²) in [6.45, 7) is 8.41. The van der Waals surface area contributed by atoms with Gasteiger partial charge < -0.3 is 14.4 Å². The van der Waals surface area contributed by atoms with Crippen LogP contribution in [0.2, 0.25) is 0 Å². The Morgan fingerprint density at radius 2 is 1.66 bits per heavy atom. The summed E-state index contributed by atoms with van der Waals surface area (Å²) in [7, 11) is 0. The van der Waals surface area contributed by atoms with Crippen LogP contribution in [0.15, 0.2) is 47.7 Å². The predicted octanol–water partition coefficient (Wildman–Crippen LogP) is 5.81. The van der Waals surface area contributed by atoms with E-state index in [-0.39, 0.29) is 24.3 Å². The first-order chi connectivity index (χ1) is 16.9. The van der Waals surface area contributed by atoms with Crippen molar-refractivity contribution in [2.75, 3.05) is 19.9 Å². The van der Waals surface area contributed by atoms with Crippen molar-refractivity contribution in [3.63, 3.8) is 0 Å². The molecule has 1 unspecified atom stereocenters. The fourth-order valence-corrected chi connectivity index (χ4v) is 5.94. The zero-order valence-electron chi connectivity index (χ0n) is 20.9. The molecule has 1 fully saturated rings. The number of likely N-dealkylation sites (tertiary alicyclic amines) is 1. The van der Waals surface area contributed by atoms with Gasteiger partial charge >= 0.3 is 0 Å². The molecule has 1 saturated heterocycles. The largest absolute Gasteiger partial charge is 0.454 e. The first-order valence-corrected chi connectivity index (χ1v) is 12.6. The Labute approximate surface area is 207 Å². The van der Waals surface area contributed by atoms with Gasteiger partial charge in [0.15, 0.2) is 23.1 Å². The lowest BCUT2D eigenvalue weighted by Crippen LogP contribution is -2.36. The maximum absolute atomic E-state index is 13.6. The van der Waals surface area contributed by atoms with Gasteiger partial charge in [0.1, 0.15) is 0 Å². The number of Topliss-reactive ketones (excluding diaryl/α,β-unsaturated/α-hetero) is 1. The quantitative estimate of drug-likeness (QED) is 0.407. The Balaban J connectivity index is 1.48. The van der Waals surface area contributed by atoms with Crippen LogP contribution in [0.5, 0.6) is 11.5 Å². The van der Waals surface area contributed by atoms with E-state index in [1.807, 2.05) is 18.2 Å². The number of carbonyl (C=O) groups is 2. The van der Waals surface area contributed by atoms with Crippen LogP contribution in [0.25, 0.3) is 6.08 Å². The summed E-state index contributed by atoms with van der Waals surface area (Å²) >= 11 is 0. The number of ether oxygens (including phenoxy) is 2. The molecule has 35 heavy (non-hydrogen) atoms. The van der Waals surface area contributed by atoms with Gasteiger partial charge in [0, 0.05) is 25.2 Å². The van der Waals surface area contributed by atoms with Crippen molar-refractivity contribution >= 4 is 17.6 Å². The van der Waals surface area contributed by atoms with E-state index >= 15 is 0 Å². The van der Waals surface area contributed by atoms with E-state index in [2.05, 4.69) is 37.8 Å². The number of fused-ring (bicyclic) bond motifs is 1. The first-order valence-electron chi connectivity index (χ1n) is 12.6. The lowest BCUT2D eigenvalue weighted by atomic mass is 9.77. The third-order valence-corrected chi connectivity index (χ3v) is 7.39. The number of benzene rings is 2. The molecular weight excluding hydrogens is 438 g/mol. The van der Waals surface area contributed by atoms with Crippen molar-refractivity contribution in [2.24, 2.45) is 0 Å². The van der Waals surface area contributed by atoms with E-state index in [1.165, 1.54) is 34.8 Å². The number of ketones is 2. The van der Waals surface area contributed by atoms with Gasteiger partial charge in [-0.1, -0.05) is 29.8 Å². The minimum atomic E-state index is -0.205. The van der Waals surface area contributed by atoms with Crippen molar-refractivity contribution in [3.8, 4) is 11.5 Å². The highest BCUT2D eigenvalue weighted by Gasteiger charge is 2.35. The standard InChI is InChI=1S/C30H33NO4/c1-19-13-20(2)29(21(3)14-19)23-16-24(31-11-5-4-6-12-31)30(26(33)17-23)25(32)9-7-22-8-10-27-28(15-22)35-18-34-27/h7-10,13-15,23H,4-6,11-12,16-18H2,1-3H3/b9-7+. The van der Waals surface area contributed by atoms with E-state index in [0.29, 0.717) is 23.5 Å². The van der Waals surface area contributed by atoms with Crippen LogP contribution < -0.4 is 9.47 Å². The molecule has 0 N–H and O–H groups in total. The molecule has 1 aliphatic carbocycles. The van der Waals surface area contributed by atoms with Crippen LogP contribution in [-0.2, 0) is 9.59 Å². The van der Waals surface area contributed by atoms with E-state index in [9.17, 15) is 9.59 Å². The fourth-order valence-electron chi connectivity index (χ4n) is 5.94. The van der Waals surface area contributed by atoms with Crippen LogP contribution in [0.1, 0.15) is 65.8 Å². The van der Waals surface area contributed by atoms with Crippen LogP contribution >= 0.6 is 0 Å². The van der Waals surface area contributed by atoms with Crippen LogP contribution in [0.3, 0.4) is 0 Å². The van der Waals surface area contributed by atoms with E-state index < -0.39 is 0 Å². The number of hydrogen-bond donors (Lipinski definition) is 0. The van der Waals surface area contributed by atoms with Crippen molar-refractivity contribution in [1.82, 2.24) is 4.90 Å². The molecule has 2 aliphatic heterocycles. The highest BCUT2D eigenvalue weighted by Crippen LogP contribution is 2.40. The fraction of sp³-hybridized carbons (Fsp3) is 0.400. The molecule has 0 bridgehead atoms. The van der Waals surface area contributed by atoms with Crippen molar-refractivity contribution < 1.29 is 19.1 Å². The SMILES string of the molecule is Cc1cc(C)c(C2CC(=O)C(C(=O)/C=C/c3ccc4c(c3)OCO4)=C(N3CCCCC3)C2)c(C)c1. The summed E-state index contributed by atoms with van der Waals surface area (Å²) in [5, 5.41) is 0. The average molecular weight is 472 g/mol. The highest BCUT2D eigenvalue weighted by molar-refractivity contribution is 6.26. The Morgan fingerprint density at radius 1 is 0.943 bits per heavy atom. The molecule has 2 heterocycles. The molecule has 0 aromatic heterocycles. The zero-order chi connectivity index (χ0) is 24.5. The molecule has 0 amide bonds. The molecule has 0 radical (unpaired) electrons. The number of hydrogen-bond acceptors (Lipinski definition) is 5. The molecule has 2 aromatic carbocycles. The smallest absolute Gasteiger partial charge is 0.231 e. The number of allylic oxidation sites excluding steroid dienone is 3. The number of rotatable bonds is 5. The third-order valence-electron chi connectivity index (χ3n) is 7.39. The molecule has 5 rings (SSSR count). The summed E-state index contributed by atoms with van der Waals surface area (Å²) in [5.74, 6) is 1.24. The molecule has 182 valence electrons. The van der Waals surface area contributed by atoms with Gasteiger partial charge in [-0.05, 0) is 92.8 Å². The summed E-state index contributed by atoms with van der Waals surface area (Å²) in [4.78, 5) is 29.3. The topological polar surface area (TPSA) is 55.8 Å². The Hall–Kier alpha value is -3.34. The second-order valence-corrected chi connectivity index (χ2v) is 10.0. The van der Waals surface area contributed by atoms with Gasteiger partial charge in [0.2, 0.25) is 6.79 Å². The maximum Gasteiger partial charge on any atom is 0.231 e. The van der Waals surface area contributed by atoms with Crippen molar-refractivity contribution in [1.29, 1.82) is 0 Å². The monoisotopic (exact) mass is 471 g/mol. The van der Waals surface area contributed by atoms with E-state index in [1.54, 1.807) is 6.08 Å². The van der Waals surface area contributed by atoms with Crippen molar-refractivity contribution in [3.05, 3.63) is 75.5 Å². The third kappa shape index (κ3) is 4.77. The molecule has 5 nitrogen and oxygen atoms in total. The second-order valence-electron chi connectivity index (χ2n) is 10.0. The summed E-state index contributed by atoms with van der Waals surface area (Å²) in [6, 6.07) is 9.98. The van der Waals surface area contributed by atoms with Crippen molar-refractivity contribution in [2.45, 2.75) is 58.8 Å². The summed E-state index contributed by atoms with van der Waals surface area (Å²) in [6.07, 6.45) is 7.80. The molecule has 2 aromatic rings. The lowest BCUT2D eigenvalue weighted by Gasteiger charge is -2.37. The zero-order valence-corrected chi connectivity index (χ0v) is 20.9. The number of carbonyl (C=O) groups excluding carboxylic acids is 2. The van der Waals surface area contributed by atoms with Crippen LogP contribution in [0.4, 0.5) is 0 Å². The van der Waals surface area contributed by atoms with Crippen LogP contribution in [0, 0.1) is 20.8 Å².